The number of benzene rings is 2. The van der Waals surface area contributed by atoms with Crippen LogP contribution in [0, 0.1) is 27.7 Å². The molecule has 1 amide bonds. The molecule has 0 radical (unpaired) electrons. The van der Waals surface area contributed by atoms with Gasteiger partial charge in [-0.1, -0.05) is 35.9 Å². The maximum absolute atomic E-state index is 12.5. The Labute approximate surface area is 186 Å². The molecule has 0 aliphatic carbocycles. The average Bonchev–Trinajstić information content (AvgIpc) is 3.23. The molecule has 4 aromatic rings. The number of nitrogens with one attached hydrogen (secondary N) is 1. The first-order chi connectivity index (χ1) is 15.3. The third kappa shape index (κ3) is 4.27. The van der Waals surface area contributed by atoms with E-state index in [1.165, 1.54) is 0 Å². The van der Waals surface area contributed by atoms with Gasteiger partial charge < -0.3 is 14.6 Å². The molecule has 0 atom stereocenters. The lowest BCUT2D eigenvalue weighted by Crippen LogP contribution is -2.23. The Hall–Kier alpha value is -3.87. The van der Waals surface area contributed by atoms with Crippen LogP contribution in [0.2, 0.25) is 0 Å². The van der Waals surface area contributed by atoms with Crippen LogP contribution in [-0.4, -0.2) is 32.8 Å². The minimum atomic E-state index is -0.464. The Morgan fingerprint density at radius 3 is 2.47 bits per heavy atom. The third-order valence-electron chi connectivity index (χ3n) is 5.50. The molecule has 0 spiro atoms. The molecule has 0 aliphatic heterocycles. The van der Waals surface area contributed by atoms with Gasteiger partial charge in [0.25, 0.3) is 5.91 Å². The second kappa shape index (κ2) is 8.70. The van der Waals surface area contributed by atoms with E-state index >= 15 is 0 Å². The summed E-state index contributed by atoms with van der Waals surface area (Å²) >= 11 is 0. The van der Waals surface area contributed by atoms with E-state index in [1.54, 1.807) is 4.68 Å². The predicted molar refractivity (Wildman–Crippen MR) is 124 cm³/mol. The van der Waals surface area contributed by atoms with E-state index in [1.807, 2.05) is 86.9 Å². The highest BCUT2D eigenvalue weighted by molar-refractivity contribution is 5.94. The molecule has 2 heterocycles. The van der Waals surface area contributed by atoms with Crippen molar-refractivity contribution in [3.05, 3.63) is 77.2 Å². The van der Waals surface area contributed by atoms with E-state index in [2.05, 4.69) is 10.4 Å². The molecule has 0 saturated carbocycles. The number of hydrogen-bond donors (Lipinski definition) is 1. The third-order valence-corrected chi connectivity index (χ3v) is 5.50. The van der Waals surface area contributed by atoms with Gasteiger partial charge in [-0.25, -0.2) is 4.68 Å². The highest BCUT2D eigenvalue weighted by Gasteiger charge is 2.17. The molecule has 2 aromatic heterocycles. The standard InChI is InChI=1S/C25H26N4O3/c1-16-9-11-21(12-10-16)29-19(4)25(18(3)27-29)26-23(30)15-32-24(31)14-28-17(2)13-20-7-5-6-8-22(20)28/h5-13H,14-15H2,1-4H3,(H,26,30). The van der Waals surface area contributed by atoms with Crippen LogP contribution in [0.25, 0.3) is 16.6 Å². The van der Waals surface area contributed by atoms with Crippen LogP contribution < -0.4 is 5.32 Å². The van der Waals surface area contributed by atoms with Gasteiger partial charge in [-0.15, -0.1) is 0 Å². The van der Waals surface area contributed by atoms with Crippen molar-refractivity contribution in [3.8, 4) is 5.69 Å². The Morgan fingerprint density at radius 2 is 1.72 bits per heavy atom. The van der Waals surface area contributed by atoms with Gasteiger partial charge in [0.05, 0.1) is 22.8 Å². The highest BCUT2D eigenvalue weighted by Crippen LogP contribution is 2.23. The Kier molecular flexibility index (Phi) is 5.81. The molecule has 0 unspecified atom stereocenters. The minimum absolute atomic E-state index is 0.0516. The largest absolute Gasteiger partial charge is 0.454 e. The fourth-order valence-corrected chi connectivity index (χ4v) is 3.82. The number of carbonyl (C=O) groups is 2. The number of rotatable bonds is 6. The van der Waals surface area contributed by atoms with Crippen LogP contribution in [0.5, 0.6) is 0 Å². The molecule has 4 rings (SSSR count). The van der Waals surface area contributed by atoms with E-state index in [9.17, 15) is 9.59 Å². The highest BCUT2D eigenvalue weighted by atomic mass is 16.5. The smallest absolute Gasteiger partial charge is 0.326 e. The Morgan fingerprint density at radius 1 is 1.00 bits per heavy atom. The van der Waals surface area contributed by atoms with Crippen molar-refractivity contribution in [2.75, 3.05) is 11.9 Å². The quantitative estimate of drug-likeness (QED) is 0.464. The van der Waals surface area contributed by atoms with Crippen LogP contribution in [-0.2, 0) is 20.9 Å². The monoisotopic (exact) mass is 430 g/mol. The number of amides is 1. The molecule has 0 aliphatic rings. The molecule has 7 heteroatoms. The fourth-order valence-electron chi connectivity index (χ4n) is 3.82. The van der Waals surface area contributed by atoms with Crippen molar-refractivity contribution in [1.29, 1.82) is 0 Å². The van der Waals surface area contributed by atoms with E-state index in [0.717, 1.165) is 33.5 Å². The second-order valence-electron chi connectivity index (χ2n) is 7.93. The summed E-state index contributed by atoms with van der Waals surface area (Å²) in [6.45, 7) is 7.39. The van der Waals surface area contributed by atoms with E-state index in [0.29, 0.717) is 11.4 Å². The lowest BCUT2D eigenvalue weighted by molar-refractivity contribution is -0.147. The van der Waals surface area contributed by atoms with Gasteiger partial charge in [-0.2, -0.15) is 5.10 Å². The van der Waals surface area contributed by atoms with E-state index < -0.39 is 11.9 Å². The average molecular weight is 431 g/mol. The number of fused-ring (bicyclic) bond motifs is 1. The van der Waals surface area contributed by atoms with Crippen molar-refractivity contribution >= 4 is 28.5 Å². The first kappa shape index (κ1) is 21.4. The number of hydrogen-bond acceptors (Lipinski definition) is 4. The van der Waals surface area contributed by atoms with Crippen molar-refractivity contribution in [2.24, 2.45) is 0 Å². The zero-order valence-electron chi connectivity index (χ0n) is 18.7. The SMILES string of the molecule is Cc1ccc(-n2nc(C)c(NC(=O)COC(=O)Cn3c(C)cc4ccccc43)c2C)cc1. The molecular formula is C25H26N4O3. The van der Waals surface area contributed by atoms with Crippen LogP contribution in [0.3, 0.4) is 0 Å². The fraction of sp³-hybridized carbons (Fsp3) is 0.240. The van der Waals surface area contributed by atoms with Crippen molar-refractivity contribution < 1.29 is 14.3 Å². The number of ether oxygens (including phenoxy) is 1. The van der Waals surface area contributed by atoms with Gasteiger partial charge in [0, 0.05) is 11.2 Å². The van der Waals surface area contributed by atoms with Gasteiger partial charge in [0.2, 0.25) is 0 Å². The first-order valence-corrected chi connectivity index (χ1v) is 10.5. The van der Waals surface area contributed by atoms with Gasteiger partial charge in [0.1, 0.15) is 6.54 Å². The topological polar surface area (TPSA) is 78.2 Å². The Bertz CT molecular complexity index is 1300. The molecule has 164 valence electrons. The molecule has 1 N–H and O–H groups in total. The zero-order valence-corrected chi connectivity index (χ0v) is 18.7. The van der Waals surface area contributed by atoms with Crippen molar-refractivity contribution in [2.45, 2.75) is 34.2 Å². The molecule has 32 heavy (non-hydrogen) atoms. The summed E-state index contributed by atoms with van der Waals surface area (Å²) in [5.74, 6) is -0.865. The Balaban J connectivity index is 1.39. The number of aromatic nitrogens is 3. The molecular weight excluding hydrogens is 404 g/mol. The van der Waals surface area contributed by atoms with Gasteiger partial charge in [0.15, 0.2) is 6.61 Å². The normalized spacial score (nSPS) is 11.0. The van der Waals surface area contributed by atoms with Gasteiger partial charge >= 0.3 is 5.97 Å². The zero-order chi connectivity index (χ0) is 22.8. The molecule has 0 saturated heterocycles. The summed E-state index contributed by atoms with van der Waals surface area (Å²) in [7, 11) is 0. The molecule has 0 bridgehead atoms. The summed E-state index contributed by atoms with van der Waals surface area (Å²) in [6, 6.07) is 17.9. The van der Waals surface area contributed by atoms with Gasteiger partial charge in [-0.05, 0) is 57.3 Å². The number of para-hydroxylation sites is 1. The van der Waals surface area contributed by atoms with Crippen molar-refractivity contribution in [1.82, 2.24) is 14.3 Å². The maximum atomic E-state index is 12.5. The summed E-state index contributed by atoms with van der Waals surface area (Å²) in [5, 5.41) is 8.43. The number of carbonyl (C=O) groups excluding carboxylic acids is 2. The second-order valence-corrected chi connectivity index (χ2v) is 7.93. The van der Waals surface area contributed by atoms with Crippen LogP contribution in [0.4, 0.5) is 5.69 Å². The number of aryl methyl sites for hydroxylation is 3. The lowest BCUT2D eigenvalue weighted by Gasteiger charge is -2.10. The van der Waals surface area contributed by atoms with Crippen LogP contribution in [0.1, 0.15) is 22.6 Å². The number of nitrogens with zero attached hydrogens (tertiary/aromatic N) is 3. The van der Waals surface area contributed by atoms with Crippen LogP contribution in [0.15, 0.2) is 54.6 Å². The number of esters is 1. The minimum Gasteiger partial charge on any atom is -0.454 e. The lowest BCUT2D eigenvalue weighted by atomic mass is 10.2. The summed E-state index contributed by atoms with van der Waals surface area (Å²) in [4.78, 5) is 24.8. The molecule has 2 aromatic carbocycles. The molecule has 0 fully saturated rings. The van der Waals surface area contributed by atoms with Crippen LogP contribution >= 0.6 is 0 Å². The van der Waals surface area contributed by atoms with Crippen molar-refractivity contribution in [3.63, 3.8) is 0 Å². The predicted octanol–water partition coefficient (Wildman–Crippen LogP) is 4.24. The summed E-state index contributed by atoms with van der Waals surface area (Å²) in [5.41, 5.74) is 6.12. The molecule has 7 nitrogen and oxygen atoms in total. The summed E-state index contributed by atoms with van der Waals surface area (Å²) < 4.78 is 8.91. The number of anilines is 1. The van der Waals surface area contributed by atoms with E-state index in [-0.39, 0.29) is 13.2 Å². The van der Waals surface area contributed by atoms with E-state index in [4.69, 9.17) is 4.74 Å². The summed E-state index contributed by atoms with van der Waals surface area (Å²) in [6.07, 6.45) is 0. The first-order valence-electron chi connectivity index (χ1n) is 10.5. The maximum Gasteiger partial charge on any atom is 0.326 e. The van der Waals surface area contributed by atoms with Gasteiger partial charge in [-0.3, -0.25) is 9.59 Å².